The zero-order chi connectivity index (χ0) is 26.7. The van der Waals surface area contributed by atoms with Crippen LogP contribution < -0.4 is 14.2 Å². The number of hydrogen-bond acceptors (Lipinski definition) is 9. The number of ether oxygens (including phenoxy) is 5. The minimum Gasteiger partial charge on any atom is -0.493 e. The van der Waals surface area contributed by atoms with Gasteiger partial charge in [-0.3, -0.25) is 14.4 Å². The van der Waals surface area contributed by atoms with E-state index in [4.69, 9.17) is 23.7 Å². The topological polar surface area (TPSA) is 110 Å². The summed E-state index contributed by atoms with van der Waals surface area (Å²) >= 11 is 0. The molecule has 0 unspecified atom stereocenters. The highest BCUT2D eigenvalue weighted by molar-refractivity contribution is 5.99. The highest BCUT2D eigenvalue weighted by Gasteiger charge is 2.29. The number of Topliss-reactive ketones (excluding diaryl/α,β-unsaturated/α-hetero) is 1. The Hall–Kier alpha value is -3.62. The molecule has 2 aromatic rings. The van der Waals surface area contributed by atoms with Crippen LogP contribution >= 0.6 is 0 Å². The molecule has 9 heteroatoms. The molecule has 9 nitrogen and oxygen atoms in total. The molecule has 196 valence electrons. The molecule has 2 rings (SSSR count). The molecular formula is C27H35NO8. The van der Waals surface area contributed by atoms with Crippen molar-refractivity contribution in [2.45, 2.75) is 59.7 Å². The van der Waals surface area contributed by atoms with Gasteiger partial charge in [0.1, 0.15) is 18.0 Å². The summed E-state index contributed by atoms with van der Waals surface area (Å²) in [6.45, 7) is 8.38. The first-order chi connectivity index (χ1) is 17.1. The lowest BCUT2D eigenvalue weighted by Crippen LogP contribution is -2.36. The average molecular weight is 502 g/mol. The van der Waals surface area contributed by atoms with Crippen LogP contribution in [0.3, 0.4) is 0 Å². The molecule has 0 saturated heterocycles. The maximum atomic E-state index is 13.0. The van der Waals surface area contributed by atoms with Crippen LogP contribution in [-0.4, -0.2) is 48.8 Å². The van der Waals surface area contributed by atoms with E-state index in [0.717, 1.165) is 0 Å². The maximum Gasteiger partial charge on any atom is 0.309 e. The Morgan fingerprint density at radius 3 is 2.31 bits per heavy atom. The van der Waals surface area contributed by atoms with Crippen molar-refractivity contribution >= 4 is 17.7 Å². The third-order valence-corrected chi connectivity index (χ3v) is 5.27. The number of carbonyl (C=O) groups excluding carboxylic acids is 3. The molecule has 1 aromatic heterocycles. The fourth-order valence-electron chi connectivity index (χ4n) is 3.41. The van der Waals surface area contributed by atoms with Crippen LogP contribution in [0.15, 0.2) is 42.6 Å². The molecule has 1 heterocycles. The second-order valence-electron chi connectivity index (χ2n) is 8.86. The number of methoxy groups -OCH3 is 1. The zero-order valence-corrected chi connectivity index (χ0v) is 21.7. The number of nitrogens with zero attached hydrogens (tertiary/aromatic N) is 1. The minimum atomic E-state index is -0.745. The Bertz CT molecular complexity index is 1010. The van der Waals surface area contributed by atoms with Gasteiger partial charge in [-0.15, -0.1) is 0 Å². The standard InChI is InChI=1S/C27H35NO8/c1-17(2)14-24(19(4)35-21-10-8-7-9-11-21)36-27(31)18(3)15-22(30)25-26(34-16-33-20(5)29)23(32-6)12-13-28-25/h7-13,17-19,24H,14-16H2,1-6H3/t18-,19+,24+/m1/s1. The molecule has 0 aliphatic rings. The molecule has 0 radical (unpaired) electrons. The van der Waals surface area contributed by atoms with Gasteiger partial charge >= 0.3 is 11.9 Å². The summed E-state index contributed by atoms with van der Waals surface area (Å²) in [6, 6.07) is 10.8. The molecule has 0 fully saturated rings. The summed E-state index contributed by atoms with van der Waals surface area (Å²) in [7, 11) is 1.41. The number of esters is 2. The lowest BCUT2D eigenvalue weighted by Gasteiger charge is -2.27. The van der Waals surface area contributed by atoms with Gasteiger partial charge in [0.2, 0.25) is 6.79 Å². The van der Waals surface area contributed by atoms with Crippen LogP contribution in [0.25, 0.3) is 0 Å². The van der Waals surface area contributed by atoms with E-state index >= 15 is 0 Å². The Morgan fingerprint density at radius 2 is 1.69 bits per heavy atom. The quantitative estimate of drug-likeness (QED) is 0.208. The van der Waals surface area contributed by atoms with Gasteiger partial charge in [-0.25, -0.2) is 4.98 Å². The van der Waals surface area contributed by atoms with Gasteiger partial charge in [0, 0.05) is 25.6 Å². The van der Waals surface area contributed by atoms with Gasteiger partial charge in [-0.2, -0.15) is 0 Å². The van der Waals surface area contributed by atoms with Crippen LogP contribution in [0.4, 0.5) is 0 Å². The fourth-order valence-corrected chi connectivity index (χ4v) is 3.41. The van der Waals surface area contributed by atoms with Crippen molar-refractivity contribution in [3.05, 3.63) is 48.3 Å². The van der Waals surface area contributed by atoms with E-state index in [1.807, 2.05) is 51.1 Å². The van der Waals surface area contributed by atoms with Crippen LogP contribution in [0, 0.1) is 11.8 Å². The number of para-hydroxylation sites is 1. The molecule has 36 heavy (non-hydrogen) atoms. The van der Waals surface area contributed by atoms with Crippen molar-refractivity contribution in [3.63, 3.8) is 0 Å². The van der Waals surface area contributed by atoms with Crippen molar-refractivity contribution in [2.24, 2.45) is 11.8 Å². The maximum absolute atomic E-state index is 13.0. The van der Waals surface area contributed by atoms with Gasteiger partial charge in [0.05, 0.1) is 13.0 Å². The van der Waals surface area contributed by atoms with Crippen LogP contribution in [0.5, 0.6) is 17.2 Å². The van der Waals surface area contributed by atoms with E-state index in [-0.39, 0.29) is 35.6 Å². The molecule has 3 atom stereocenters. The van der Waals surface area contributed by atoms with Crippen molar-refractivity contribution < 1.29 is 38.1 Å². The summed E-state index contributed by atoms with van der Waals surface area (Å²) < 4.78 is 27.3. The summed E-state index contributed by atoms with van der Waals surface area (Å²) in [6.07, 6.45) is 0.961. The van der Waals surface area contributed by atoms with Crippen molar-refractivity contribution in [2.75, 3.05) is 13.9 Å². The van der Waals surface area contributed by atoms with E-state index in [2.05, 4.69) is 4.98 Å². The zero-order valence-electron chi connectivity index (χ0n) is 21.7. The van der Waals surface area contributed by atoms with Gasteiger partial charge in [0.15, 0.2) is 23.0 Å². The molecule has 0 saturated carbocycles. The number of benzene rings is 1. The average Bonchev–Trinajstić information content (AvgIpc) is 2.83. The van der Waals surface area contributed by atoms with E-state index < -0.39 is 36.5 Å². The molecular weight excluding hydrogens is 466 g/mol. The van der Waals surface area contributed by atoms with Crippen LogP contribution in [-0.2, 0) is 19.1 Å². The number of ketones is 1. The monoisotopic (exact) mass is 501 g/mol. The number of rotatable bonds is 14. The predicted molar refractivity (Wildman–Crippen MR) is 132 cm³/mol. The lowest BCUT2D eigenvalue weighted by atomic mass is 10.00. The highest BCUT2D eigenvalue weighted by Crippen LogP contribution is 2.31. The molecule has 0 N–H and O–H groups in total. The van der Waals surface area contributed by atoms with E-state index in [0.29, 0.717) is 12.2 Å². The number of carbonyl (C=O) groups is 3. The first kappa shape index (κ1) is 28.6. The Balaban J connectivity index is 2.09. The molecule has 0 bridgehead atoms. The van der Waals surface area contributed by atoms with Crippen molar-refractivity contribution in [1.82, 2.24) is 4.98 Å². The number of pyridine rings is 1. The lowest BCUT2D eigenvalue weighted by molar-refractivity contribution is -0.159. The normalized spacial score (nSPS) is 13.3. The van der Waals surface area contributed by atoms with E-state index in [1.165, 1.54) is 26.3 Å². The first-order valence-electron chi connectivity index (χ1n) is 11.9. The Labute approximate surface area is 212 Å². The van der Waals surface area contributed by atoms with Gasteiger partial charge in [-0.05, 0) is 31.4 Å². The van der Waals surface area contributed by atoms with Crippen LogP contribution in [0.1, 0.15) is 57.9 Å². The third kappa shape index (κ3) is 8.87. The Morgan fingerprint density at radius 1 is 1.00 bits per heavy atom. The summed E-state index contributed by atoms with van der Waals surface area (Å²) in [5.74, 6) is -1.00. The predicted octanol–water partition coefficient (Wildman–Crippen LogP) is 4.62. The Kier molecular flexibility index (Phi) is 11.2. The second-order valence-corrected chi connectivity index (χ2v) is 8.86. The van der Waals surface area contributed by atoms with Crippen LogP contribution in [0.2, 0.25) is 0 Å². The molecule has 0 amide bonds. The van der Waals surface area contributed by atoms with Gasteiger partial charge in [-0.1, -0.05) is 39.0 Å². The molecule has 1 aromatic carbocycles. The summed E-state index contributed by atoms with van der Waals surface area (Å²) in [4.78, 5) is 41.2. The summed E-state index contributed by atoms with van der Waals surface area (Å²) in [5, 5.41) is 0. The smallest absolute Gasteiger partial charge is 0.309 e. The molecule has 0 aliphatic carbocycles. The highest BCUT2D eigenvalue weighted by atomic mass is 16.7. The molecule has 0 aliphatic heterocycles. The number of aromatic nitrogens is 1. The summed E-state index contributed by atoms with van der Waals surface area (Å²) in [5.41, 5.74) is -0.0272. The third-order valence-electron chi connectivity index (χ3n) is 5.27. The first-order valence-corrected chi connectivity index (χ1v) is 11.9. The van der Waals surface area contributed by atoms with Crippen molar-refractivity contribution in [3.8, 4) is 17.2 Å². The largest absolute Gasteiger partial charge is 0.493 e. The second kappa shape index (κ2) is 14.1. The molecule has 0 spiro atoms. The minimum absolute atomic E-state index is 0.0272. The van der Waals surface area contributed by atoms with E-state index in [1.54, 1.807) is 6.92 Å². The van der Waals surface area contributed by atoms with Gasteiger partial charge < -0.3 is 23.7 Å². The van der Waals surface area contributed by atoms with E-state index in [9.17, 15) is 14.4 Å². The van der Waals surface area contributed by atoms with Gasteiger partial charge in [0.25, 0.3) is 0 Å². The number of hydrogen-bond donors (Lipinski definition) is 0. The fraction of sp³-hybridized carbons (Fsp3) is 0.481. The van der Waals surface area contributed by atoms with Crippen molar-refractivity contribution in [1.29, 1.82) is 0 Å². The SMILES string of the molecule is COc1ccnc(C(=O)C[C@@H](C)C(=O)O[C@@H](CC(C)C)[C@H](C)Oc2ccccc2)c1OCOC(C)=O.